The molecular formula is C26H29N5O7. The van der Waals surface area contributed by atoms with Crippen LogP contribution >= 0.6 is 0 Å². The van der Waals surface area contributed by atoms with Crippen LogP contribution in [0.3, 0.4) is 0 Å². The highest BCUT2D eigenvalue weighted by molar-refractivity contribution is 6.24. The van der Waals surface area contributed by atoms with Crippen LogP contribution in [0.5, 0.6) is 5.75 Å². The minimum absolute atomic E-state index is 0.0251. The third-order valence-corrected chi connectivity index (χ3v) is 7.97. The zero-order chi connectivity index (χ0) is 27.8. The fourth-order valence-corrected chi connectivity index (χ4v) is 6.30. The van der Waals surface area contributed by atoms with Gasteiger partial charge in [-0.3, -0.25) is 24.4 Å². The predicted molar refractivity (Wildman–Crippen MR) is 136 cm³/mol. The van der Waals surface area contributed by atoms with Gasteiger partial charge in [-0.15, -0.1) is 0 Å². The summed E-state index contributed by atoms with van der Waals surface area (Å²) >= 11 is 0. The maximum absolute atomic E-state index is 14.0. The van der Waals surface area contributed by atoms with Crippen molar-refractivity contribution in [2.24, 2.45) is 17.6 Å². The maximum Gasteiger partial charge on any atom is 0.255 e. The number of anilines is 1. The van der Waals surface area contributed by atoms with Crippen LogP contribution in [-0.2, 0) is 20.8 Å². The molecule has 1 amide bonds. The predicted octanol–water partition coefficient (Wildman–Crippen LogP) is 0.420. The van der Waals surface area contributed by atoms with Crippen molar-refractivity contribution in [3.63, 3.8) is 0 Å². The molecule has 0 spiro atoms. The van der Waals surface area contributed by atoms with Crippen LogP contribution < -0.4 is 10.6 Å². The highest BCUT2D eigenvalue weighted by atomic mass is 16.3. The topological polar surface area (TPSA) is 193 Å². The lowest BCUT2D eigenvalue weighted by Gasteiger charge is -2.50. The van der Waals surface area contributed by atoms with Crippen molar-refractivity contribution in [3.05, 3.63) is 46.4 Å². The van der Waals surface area contributed by atoms with E-state index in [0.717, 1.165) is 0 Å². The molecule has 0 aliphatic heterocycles. The molecule has 1 aromatic heterocycles. The Bertz CT molecular complexity index is 1460. The van der Waals surface area contributed by atoms with Crippen molar-refractivity contribution in [1.29, 1.82) is 0 Å². The summed E-state index contributed by atoms with van der Waals surface area (Å²) in [6, 6.07) is 2.27. The van der Waals surface area contributed by atoms with E-state index in [-0.39, 0.29) is 29.7 Å². The van der Waals surface area contributed by atoms with Gasteiger partial charge < -0.3 is 31.1 Å². The molecule has 12 heteroatoms. The molecule has 2 aromatic rings. The van der Waals surface area contributed by atoms with Gasteiger partial charge in [0.2, 0.25) is 5.78 Å². The smallest absolute Gasteiger partial charge is 0.255 e. The molecule has 0 unspecified atom stereocenters. The van der Waals surface area contributed by atoms with Gasteiger partial charge in [0.15, 0.2) is 11.4 Å². The molecule has 3 aliphatic rings. The number of nitrogens with one attached hydrogen (secondary N) is 1. The van der Waals surface area contributed by atoms with E-state index in [1.165, 1.54) is 11.1 Å². The quantitative estimate of drug-likeness (QED) is 0.306. The second-order valence-corrected chi connectivity index (χ2v) is 10.5. The fraction of sp³-hybridized carbons (Fsp3) is 0.385. The van der Waals surface area contributed by atoms with E-state index in [1.54, 1.807) is 40.3 Å². The van der Waals surface area contributed by atoms with Crippen LogP contribution in [0.2, 0.25) is 0 Å². The van der Waals surface area contributed by atoms with Gasteiger partial charge in [0.25, 0.3) is 5.91 Å². The number of nitrogens with zero attached hydrogens (tertiary/aromatic N) is 3. The molecular weight excluding hydrogens is 494 g/mol. The number of amides is 1. The Morgan fingerprint density at radius 2 is 1.87 bits per heavy atom. The Balaban J connectivity index is 1.78. The normalized spacial score (nSPS) is 26.8. The Morgan fingerprint density at radius 1 is 1.18 bits per heavy atom. The number of Topliss-reactive ketones (excluding diaryl/α,β-unsaturated/α-hetero) is 2. The van der Waals surface area contributed by atoms with Crippen LogP contribution in [-0.4, -0.2) is 92.8 Å². The number of carbonyl (C=O) groups is 3. The Kier molecular flexibility index (Phi) is 5.65. The monoisotopic (exact) mass is 523 g/mol. The van der Waals surface area contributed by atoms with E-state index in [1.807, 2.05) is 4.90 Å². The standard InChI is InChI=1S/C26H29N5O7/c1-30(2)15-9-11(14-5-6-28-29-14)20(32)17-12(15)7-10-8-13-19(31(3)4)22(34)18(25(27)37)24(36)26(13,38)23(35)16(10)21(17)33/h5-6,9-10,13,19,32-33,36,38H,7-8H2,1-4H3,(H2,27,37)(H,28,29)/t10-,13-,19-,26-/m0/s1. The van der Waals surface area contributed by atoms with Crippen molar-refractivity contribution >= 4 is 28.9 Å². The third-order valence-electron chi connectivity index (χ3n) is 7.97. The number of aromatic nitrogens is 2. The Hall–Kier alpha value is -4.16. The zero-order valence-electron chi connectivity index (χ0n) is 21.3. The molecule has 0 saturated heterocycles. The van der Waals surface area contributed by atoms with Crippen LogP contribution in [0.4, 0.5) is 5.69 Å². The number of aliphatic hydroxyl groups excluding tert-OH is 2. The van der Waals surface area contributed by atoms with Crippen LogP contribution in [0, 0.1) is 11.8 Å². The average Bonchev–Trinajstić information content (AvgIpc) is 3.35. The number of H-pyrrole nitrogens is 1. The molecule has 1 heterocycles. The van der Waals surface area contributed by atoms with E-state index in [2.05, 4.69) is 10.2 Å². The first-order valence-corrected chi connectivity index (χ1v) is 12.0. The van der Waals surface area contributed by atoms with E-state index < -0.39 is 58.0 Å². The molecule has 5 rings (SSSR count). The summed E-state index contributed by atoms with van der Waals surface area (Å²) < 4.78 is 0. The molecule has 0 radical (unpaired) electrons. The summed E-state index contributed by atoms with van der Waals surface area (Å²) in [7, 11) is 6.74. The van der Waals surface area contributed by atoms with Gasteiger partial charge >= 0.3 is 0 Å². The molecule has 3 aliphatic carbocycles. The van der Waals surface area contributed by atoms with Gasteiger partial charge in [0, 0.05) is 43.0 Å². The van der Waals surface area contributed by atoms with Crippen molar-refractivity contribution in [1.82, 2.24) is 15.1 Å². The van der Waals surface area contributed by atoms with Gasteiger partial charge in [-0.05, 0) is 50.6 Å². The number of aromatic hydroxyl groups is 1. The number of fused-ring (bicyclic) bond motifs is 3. The minimum Gasteiger partial charge on any atom is -0.508 e. The maximum atomic E-state index is 14.0. The minimum atomic E-state index is -2.68. The molecule has 1 fully saturated rings. The van der Waals surface area contributed by atoms with Gasteiger partial charge in [0.05, 0.1) is 17.3 Å². The summed E-state index contributed by atoms with van der Waals surface area (Å²) in [4.78, 5) is 42.6. The summed E-state index contributed by atoms with van der Waals surface area (Å²) in [5, 5.41) is 52.1. The lowest BCUT2D eigenvalue weighted by atomic mass is 9.57. The van der Waals surface area contributed by atoms with E-state index in [0.29, 0.717) is 22.5 Å². The van der Waals surface area contributed by atoms with Gasteiger partial charge in [-0.1, -0.05) is 0 Å². The van der Waals surface area contributed by atoms with Crippen LogP contribution in [0.15, 0.2) is 35.2 Å². The number of nitrogens with two attached hydrogens (primary N) is 1. The molecule has 4 atom stereocenters. The van der Waals surface area contributed by atoms with Crippen LogP contribution in [0.25, 0.3) is 17.0 Å². The van der Waals surface area contributed by atoms with Crippen molar-refractivity contribution in [2.45, 2.75) is 24.5 Å². The number of aliphatic hydroxyl groups is 3. The summed E-state index contributed by atoms with van der Waals surface area (Å²) in [6.07, 6.45) is 1.75. The highest BCUT2D eigenvalue weighted by Crippen LogP contribution is 2.54. The number of aromatic amines is 1. The number of ketones is 2. The number of primary amides is 1. The number of rotatable bonds is 4. The largest absolute Gasteiger partial charge is 0.508 e. The third kappa shape index (κ3) is 3.23. The first-order chi connectivity index (χ1) is 17.8. The average molecular weight is 524 g/mol. The summed E-state index contributed by atoms with van der Waals surface area (Å²) in [5.41, 5.74) is 3.76. The fourth-order valence-electron chi connectivity index (χ4n) is 6.30. The van der Waals surface area contributed by atoms with E-state index in [4.69, 9.17) is 5.73 Å². The first-order valence-electron chi connectivity index (χ1n) is 12.0. The first kappa shape index (κ1) is 25.5. The Labute approximate surface area is 217 Å². The molecule has 0 bridgehead atoms. The number of phenols is 1. The molecule has 38 heavy (non-hydrogen) atoms. The SMILES string of the molecule is CN(C)c1cc(-c2ccn[nH]2)c(O)c2c1C[C@H]1C[C@H]3[C@H](N(C)C)C(=O)C(C(N)=O)=C(O)[C@@]3(O)C(=O)C1=C2O. The van der Waals surface area contributed by atoms with Crippen molar-refractivity contribution in [2.75, 3.05) is 33.1 Å². The van der Waals surface area contributed by atoms with E-state index in [9.17, 15) is 34.8 Å². The van der Waals surface area contributed by atoms with Gasteiger partial charge in [-0.25, -0.2) is 0 Å². The molecule has 12 nitrogen and oxygen atoms in total. The Morgan fingerprint density at radius 3 is 2.42 bits per heavy atom. The zero-order valence-corrected chi connectivity index (χ0v) is 21.3. The van der Waals surface area contributed by atoms with Gasteiger partial charge in [0.1, 0.15) is 22.8 Å². The number of hydrogen-bond acceptors (Lipinski definition) is 10. The number of phenolic OH excluding ortho intramolecular Hbond substituents is 1. The summed E-state index contributed by atoms with van der Waals surface area (Å²) in [5.74, 6) is -6.81. The number of likely N-dealkylation sites (N-methyl/N-ethyl adjacent to an activating group) is 1. The number of carbonyl (C=O) groups excluding carboxylic acids is 3. The second-order valence-electron chi connectivity index (χ2n) is 10.5. The van der Waals surface area contributed by atoms with Crippen molar-refractivity contribution < 1.29 is 34.8 Å². The van der Waals surface area contributed by atoms with Crippen molar-refractivity contribution in [3.8, 4) is 17.0 Å². The molecule has 7 N–H and O–H groups in total. The molecule has 200 valence electrons. The molecule has 1 aromatic carbocycles. The number of hydrogen-bond donors (Lipinski definition) is 6. The highest BCUT2D eigenvalue weighted by Gasteiger charge is 2.64. The lowest BCUT2D eigenvalue weighted by molar-refractivity contribution is -0.153. The van der Waals surface area contributed by atoms with Crippen LogP contribution in [0.1, 0.15) is 17.5 Å². The molecule has 1 saturated carbocycles. The van der Waals surface area contributed by atoms with Gasteiger partial charge in [-0.2, -0.15) is 5.10 Å². The second kappa shape index (κ2) is 8.43. The lowest BCUT2D eigenvalue weighted by Crippen LogP contribution is -2.65. The summed E-state index contributed by atoms with van der Waals surface area (Å²) in [6.45, 7) is 0. The number of benzene rings is 1. The van der Waals surface area contributed by atoms with E-state index >= 15 is 0 Å².